The Balaban J connectivity index is 2.55. The lowest BCUT2D eigenvalue weighted by Crippen LogP contribution is -2.38. The second kappa shape index (κ2) is 3.64. The molecule has 1 saturated heterocycles. The van der Waals surface area contributed by atoms with Crippen molar-refractivity contribution in [1.82, 2.24) is 4.90 Å². The van der Waals surface area contributed by atoms with Gasteiger partial charge in [-0.1, -0.05) is 6.92 Å². The van der Waals surface area contributed by atoms with E-state index >= 15 is 0 Å². The molecule has 1 aliphatic heterocycles. The number of hydrogen-bond acceptors (Lipinski definition) is 3. The van der Waals surface area contributed by atoms with Crippen LogP contribution in [0.15, 0.2) is 0 Å². The molecule has 4 nitrogen and oxygen atoms in total. The van der Waals surface area contributed by atoms with Gasteiger partial charge in [0, 0.05) is 18.5 Å². The first-order valence-corrected chi connectivity index (χ1v) is 4.56. The molecule has 1 aliphatic rings. The molecular weight excluding hydrogens is 170 g/mol. The Morgan fingerprint density at radius 2 is 2.31 bits per heavy atom. The number of aliphatic hydroxyl groups is 2. The summed E-state index contributed by atoms with van der Waals surface area (Å²) < 4.78 is 0. The van der Waals surface area contributed by atoms with Gasteiger partial charge in [-0.05, 0) is 13.3 Å². The van der Waals surface area contributed by atoms with Crippen LogP contribution in [0.5, 0.6) is 0 Å². The fourth-order valence-electron chi connectivity index (χ4n) is 1.61. The lowest BCUT2D eigenvalue weighted by atomic mass is 9.91. The molecule has 1 fully saturated rings. The Morgan fingerprint density at radius 3 is 2.69 bits per heavy atom. The molecule has 0 bridgehead atoms. The normalized spacial score (nSPS) is 30.6. The van der Waals surface area contributed by atoms with E-state index in [1.807, 2.05) is 6.92 Å². The molecule has 13 heavy (non-hydrogen) atoms. The SMILES string of the molecule is C[C@@H](O)C(=O)N1CCC(C)(CO)C1. The second-order valence-corrected chi connectivity index (χ2v) is 4.15. The van der Waals surface area contributed by atoms with Gasteiger partial charge in [0.2, 0.25) is 0 Å². The maximum atomic E-state index is 11.3. The van der Waals surface area contributed by atoms with Crippen molar-refractivity contribution in [3.8, 4) is 0 Å². The molecule has 0 aromatic carbocycles. The van der Waals surface area contributed by atoms with Crippen LogP contribution in [0.2, 0.25) is 0 Å². The van der Waals surface area contributed by atoms with Gasteiger partial charge in [0.05, 0.1) is 6.61 Å². The van der Waals surface area contributed by atoms with Crippen LogP contribution in [0, 0.1) is 5.41 Å². The molecule has 2 N–H and O–H groups in total. The summed E-state index contributed by atoms with van der Waals surface area (Å²) in [6, 6.07) is 0. The molecule has 0 saturated carbocycles. The first-order valence-electron chi connectivity index (χ1n) is 4.56. The average molecular weight is 187 g/mol. The van der Waals surface area contributed by atoms with Crippen molar-refractivity contribution in [3.63, 3.8) is 0 Å². The Kier molecular flexibility index (Phi) is 2.93. The van der Waals surface area contributed by atoms with Crippen LogP contribution < -0.4 is 0 Å². The van der Waals surface area contributed by atoms with Gasteiger partial charge in [0.15, 0.2) is 0 Å². The number of rotatable bonds is 2. The van der Waals surface area contributed by atoms with Crippen LogP contribution in [-0.4, -0.2) is 46.8 Å². The highest BCUT2D eigenvalue weighted by Crippen LogP contribution is 2.29. The monoisotopic (exact) mass is 187 g/mol. The summed E-state index contributed by atoms with van der Waals surface area (Å²) in [5.74, 6) is -0.239. The predicted molar refractivity (Wildman–Crippen MR) is 48.1 cm³/mol. The van der Waals surface area contributed by atoms with Gasteiger partial charge in [-0.3, -0.25) is 4.79 Å². The van der Waals surface area contributed by atoms with Crippen molar-refractivity contribution < 1.29 is 15.0 Å². The highest BCUT2D eigenvalue weighted by Gasteiger charge is 2.36. The minimum absolute atomic E-state index is 0.0938. The van der Waals surface area contributed by atoms with E-state index in [2.05, 4.69) is 0 Å². The first kappa shape index (κ1) is 10.5. The number of likely N-dealkylation sites (tertiary alicyclic amines) is 1. The van der Waals surface area contributed by atoms with E-state index in [1.54, 1.807) is 4.90 Å². The molecule has 2 atom stereocenters. The number of nitrogens with zero attached hydrogens (tertiary/aromatic N) is 1. The van der Waals surface area contributed by atoms with Crippen molar-refractivity contribution >= 4 is 5.91 Å². The third-order valence-corrected chi connectivity index (χ3v) is 2.61. The molecule has 0 aromatic rings. The molecule has 1 unspecified atom stereocenters. The molecule has 0 aliphatic carbocycles. The van der Waals surface area contributed by atoms with Crippen molar-refractivity contribution in [2.45, 2.75) is 26.4 Å². The average Bonchev–Trinajstić information content (AvgIpc) is 2.47. The summed E-state index contributed by atoms with van der Waals surface area (Å²) in [6.45, 7) is 4.70. The molecular formula is C9H17NO3. The first-order chi connectivity index (χ1) is 5.98. The fourth-order valence-corrected chi connectivity index (χ4v) is 1.61. The summed E-state index contributed by atoms with van der Waals surface area (Å²) >= 11 is 0. The van der Waals surface area contributed by atoms with Crippen LogP contribution in [0.4, 0.5) is 0 Å². The van der Waals surface area contributed by atoms with Gasteiger partial charge in [0.25, 0.3) is 5.91 Å². The van der Waals surface area contributed by atoms with Crippen LogP contribution in [0.25, 0.3) is 0 Å². The molecule has 1 amide bonds. The molecule has 0 spiro atoms. The van der Waals surface area contributed by atoms with Gasteiger partial charge >= 0.3 is 0 Å². The second-order valence-electron chi connectivity index (χ2n) is 4.15. The van der Waals surface area contributed by atoms with E-state index in [0.717, 1.165) is 6.42 Å². The lowest BCUT2D eigenvalue weighted by molar-refractivity contribution is -0.138. The summed E-state index contributed by atoms with van der Waals surface area (Å²) in [5.41, 5.74) is -0.176. The van der Waals surface area contributed by atoms with Crippen molar-refractivity contribution in [3.05, 3.63) is 0 Å². The van der Waals surface area contributed by atoms with Gasteiger partial charge in [-0.2, -0.15) is 0 Å². The number of amides is 1. The number of aliphatic hydroxyl groups excluding tert-OH is 2. The summed E-state index contributed by atoms with van der Waals surface area (Å²) in [7, 11) is 0. The Hall–Kier alpha value is -0.610. The van der Waals surface area contributed by atoms with Crippen LogP contribution in [0.1, 0.15) is 20.3 Å². The van der Waals surface area contributed by atoms with Crippen molar-refractivity contribution in [2.24, 2.45) is 5.41 Å². The minimum Gasteiger partial charge on any atom is -0.396 e. The van der Waals surface area contributed by atoms with E-state index in [0.29, 0.717) is 13.1 Å². The van der Waals surface area contributed by atoms with Crippen molar-refractivity contribution in [2.75, 3.05) is 19.7 Å². The van der Waals surface area contributed by atoms with E-state index in [-0.39, 0.29) is 17.9 Å². The van der Waals surface area contributed by atoms with Gasteiger partial charge < -0.3 is 15.1 Å². The summed E-state index contributed by atoms with van der Waals surface area (Å²) in [4.78, 5) is 13.0. The van der Waals surface area contributed by atoms with E-state index < -0.39 is 6.10 Å². The molecule has 0 aromatic heterocycles. The number of carbonyl (C=O) groups is 1. The quantitative estimate of drug-likeness (QED) is 0.618. The van der Waals surface area contributed by atoms with Crippen LogP contribution in [0.3, 0.4) is 0 Å². The minimum atomic E-state index is -0.930. The fraction of sp³-hybridized carbons (Fsp3) is 0.889. The summed E-state index contributed by atoms with van der Waals surface area (Å²) in [6.07, 6.45) is -0.122. The summed E-state index contributed by atoms with van der Waals surface area (Å²) in [5, 5.41) is 18.1. The number of carbonyl (C=O) groups excluding carboxylic acids is 1. The van der Waals surface area contributed by atoms with Crippen LogP contribution >= 0.6 is 0 Å². The molecule has 76 valence electrons. The molecule has 4 heteroatoms. The third-order valence-electron chi connectivity index (χ3n) is 2.61. The Morgan fingerprint density at radius 1 is 1.69 bits per heavy atom. The predicted octanol–water partition coefficient (Wildman–Crippen LogP) is -0.402. The Bertz CT molecular complexity index is 205. The highest BCUT2D eigenvalue weighted by atomic mass is 16.3. The zero-order valence-corrected chi connectivity index (χ0v) is 8.16. The largest absolute Gasteiger partial charge is 0.396 e. The maximum absolute atomic E-state index is 11.3. The molecule has 1 rings (SSSR count). The zero-order chi connectivity index (χ0) is 10.1. The van der Waals surface area contributed by atoms with E-state index in [4.69, 9.17) is 10.2 Å². The third kappa shape index (κ3) is 2.19. The maximum Gasteiger partial charge on any atom is 0.251 e. The lowest BCUT2D eigenvalue weighted by Gasteiger charge is -2.22. The van der Waals surface area contributed by atoms with E-state index in [9.17, 15) is 4.79 Å². The smallest absolute Gasteiger partial charge is 0.251 e. The van der Waals surface area contributed by atoms with Crippen LogP contribution in [-0.2, 0) is 4.79 Å². The van der Waals surface area contributed by atoms with E-state index in [1.165, 1.54) is 6.92 Å². The Labute approximate surface area is 78.2 Å². The van der Waals surface area contributed by atoms with Gasteiger partial charge in [-0.25, -0.2) is 0 Å². The number of hydrogen-bond donors (Lipinski definition) is 2. The highest BCUT2D eigenvalue weighted by molar-refractivity contribution is 5.80. The topological polar surface area (TPSA) is 60.8 Å². The molecule has 1 heterocycles. The van der Waals surface area contributed by atoms with Gasteiger partial charge in [-0.15, -0.1) is 0 Å². The van der Waals surface area contributed by atoms with Crippen molar-refractivity contribution in [1.29, 1.82) is 0 Å². The van der Waals surface area contributed by atoms with Gasteiger partial charge in [0.1, 0.15) is 6.10 Å². The molecule has 0 radical (unpaired) electrons. The zero-order valence-electron chi connectivity index (χ0n) is 8.16. The standard InChI is InChI=1S/C9H17NO3/c1-7(12)8(13)10-4-3-9(2,5-10)6-11/h7,11-12H,3-6H2,1-2H3/t7-,9?/m1/s1.